The molecule has 0 aliphatic heterocycles. The molecule has 0 spiro atoms. The third kappa shape index (κ3) is 4.25. The lowest BCUT2D eigenvalue weighted by Gasteiger charge is -2.09. The SMILES string of the molecule is CCCCc1cn(C2CC2(C)C)c(=O)n1Cc1cc(-c2cccc(-c3nnn[nH]3)c2)ccn1. The van der Waals surface area contributed by atoms with Gasteiger partial charge in [-0.2, -0.15) is 0 Å². The molecule has 33 heavy (non-hydrogen) atoms. The van der Waals surface area contributed by atoms with Crippen molar-refractivity contribution < 1.29 is 0 Å². The second kappa shape index (κ2) is 8.42. The molecule has 8 heteroatoms. The van der Waals surface area contributed by atoms with Crippen molar-refractivity contribution in [2.75, 3.05) is 0 Å². The van der Waals surface area contributed by atoms with Gasteiger partial charge in [0.05, 0.1) is 12.2 Å². The lowest BCUT2D eigenvalue weighted by molar-refractivity contribution is 0.522. The van der Waals surface area contributed by atoms with Crippen molar-refractivity contribution in [1.82, 2.24) is 34.7 Å². The molecule has 1 saturated carbocycles. The Bertz CT molecular complexity index is 1320. The van der Waals surface area contributed by atoms with Gasteiger partial charge in [-0.05, 0) is 64.4 Å². The molecule has 1 aromatic carbocycles. The molecule has 1 unspecified atom stereocenters. The zero-order chi connectivity index (χ0) is 23.0. The second-order valence-corrected chi connectivity index (χ2v) is 9.57. The third-order valence-corrected chi connectivity index (χ3v) is 6.62. The Balaban J connectivity index is 1.46. The van der Waals surface area contributed by atoms with Crippen LogP contribution in [0.2, 0.25) is 0 Å². The first kappa shape index (κ1) is 21.3. The maximum Gasteiger partial charge on any atom is 0.328 e. The number of nitrogens with zero attached hydrogens (tertiary/aromatic N) is 6. The first-order valence-corrected chi connectivity index (χ1v) is 11.6. The normalized spacial score (nSPS) is 16.8. The quantitative estimate of drug-likeness (QED) is 0.439. The summed E-state index contributed by atoms with van der Waals surface area (Å²) in [6, 6.07) is 12.4. The van der Waals surface area contributed by atoms with Crippen LogP contribution in [-0.4, -0.2) is 34.7 Å². The Hall–Kier alpha value is -3.55. The van der Waals surface area contributed by atoms with Gasteiger partial charge in [-0.25, -0.2) is 9.89 Å². The Morgan fingerprint density at radius 1 is 1.15 bits per heavy atom. The molecule has 0 saturated heterocycles. The highest BCUT2D eigenvalue weighted by molar-refractivity contribution is 5.70. The summed E-state index contributed by atoms with van der Waals surface area (Å²) >= 11 is 0. The van der Waals surface area contributed by atoms with Crippen LogP contribution in [-0.2, 0) is 13.0 Å². The Kier molecular flexibility index (Phi) is 5.44. The maximum absolute atomic E-state index is 13.3. The number of H-pyrrole nitrogens is 1. The molecule has 1 N–H and O–H groups in total. The standard InChI is InChI=1S/C25H29N7O/c1-4-5-9-21-16-32(22-14-25(22,2)3)24(33)31(21)15-20-13-18(10-11-26-20)17-7-6-8-19(12-17)23-27-29-30-28-23/h6-8,10-13,16,22H,4-5,9,14-15H2,1-3H3,(H,27,28,29,30). The predicted molar refractivity (Wildman–Crippen MR) is 127 cm³/mol. The zero-order valence-corrected chi connectivity index (χ0v) is 19.3. The summed E-state index contributed by atoms with van der Waals surface area (Å²) in [7, 11) is 0. The van der Waals surface area contributed by atoms with Gasteiger partial charge >= 0.3 is 5.69 Å². The van der Waals surface area contributed by atoms with E-state index >= 15 is 0 Å². The van der Waals surface area contributed by atoms with Crippen LogP contribution >= 0.6 is 0 Å². The number of tetrazole rings is 1. The number of rotatable bonds is 8. The van der Waals surface area contributed by atoms with E-state index in [1.165, 1.54) is 0 Å². The van der Waals surface area contributed by atoms with Gasteiger partial charge in [0.25, 0.3) is 0 Å². The van der Waals surface area contributed by atoms with E-state index in [0.29, 0.717) is 18.4 Å². The van der Waals surface area contributed by atoms with E-state index in [1.807, 2.05) is 39.6 Å². The second-order valence-electron chi connectivity index (χ2n) is 9.57. The summed E-state index contributed by atoms with van der Waals surface area (Å²) in [5.41, 5.74) is 5.23. The number of aryl methyl sites for hydroxylation is 1. The largest absolute Gasteiger partial charge is 0.328 e. The van der Waals surface area contributed by atoms with E-state index < -0.39 is 0 Å². The van der Waals surface area contributed by atoms with E-state index in [-0.39, 0.29) is 11.1 Å². The van der Waals surface area contributed by atoms with E-state index in [2.05, 4.69) is 64.7 Å². The number of hydrogen-bond acceptors (Lipinski definition) is 5. The average molecular weight is 444 g/mol. The Morgan fingerprint density at radius 3 is 2.67 bits per heavy atom. The molecule has 5 rings (SSSR count). The van der Waals surface area contributed by atoms with Crippen LogP contribution in [0, 0.1) is 5.41 Å². The topological polar surface area (TPSA) is 94.3 Å². The fourth-order valence-electron chi connectivity index (χ4n) is 4.45. The first-order chi connectivity index (χ1) is 16.0. The highest BCUT2D eigenvalue weighted by atomic mass is 16.1. The van der Waals surface area contributed by atoms with Crippen molar-refractivity contribution in [3.63, 3.8) is 0 Å². The molecule has 0 bridgehead atoms. The van der Waals surface area contributed by atoms with E-state index in [4.69, 9.17) is 0 Å². The third-order valence-electron chi connectivity index (χ3n) is 6.62. The van der Waals surface area contributed by atoms with Crippen molar-refractivity contribution in [2.24, 2.45) is 5.41 Å². The summed E-state index contributed by atoms with van der Waals surface area (Å²) in [4.78, 5) is 17.9. The smallest absolute Gasteiger partial charge is 0.295 e. The molecule has 3 heterocycles. The Morgan fingerprint density at radius 2 is 1.94 bits per heavy atom. The van der Waals surface area contributed by atoms with Crippen LogP contribution in [0.4, 0.5) is 0 Å². The number of nitrogens with one attached hydrogen (secondary N) is 1. The monoisotopic (exact) mass is 443 g/mol. The molecular weight excluding hydrogens is 414 g/mol. The molecule has 170 valence electrons. The van der Waals surface area contributed by atoms with Gasteiger partial charge in [-0.3, -0.25) is 14.1 Å². The lowest BCUT2D eigenvalue weighted by atomic mass is 10.0. The molecule has 3 aromatic heterocycles. The van der Waals surface area contributed by atoms with E-state index in [9.17, 15) is 4.79 Å². The fraction of sp³-hybridized carbons (Fsp3) is 0.400. The number of pyridine rings is 1. The minimum absolute atomic E-state index is 0.0729. The summed E-state index contributed by atoms with van der Waals surface area (Å²) in [5, 5.41) is 14.1. The molecule has 8 nitrogen and oxygen atoms in total. The molecule has 1 atom stereocenters. The van der Waals surface area contributed by atoms with Crippen LogP contribution in [0.1, 0.15) is 57.5 Å². The Labute approximate surface area is 192 Å². The number of hydrogen-bond donors (Lipinski definition) is 1. The number of benzene rings is 1. The average Bonchev–Trinajstić information content (AvgIpc) is 3.16. The van der Waals surface area contributed by atoms with Crippen LogP contribution in [0.15, 0.2) is 53.6 Å². The minimum atomic E-state index is 0.0729. The number of imidazole rings is 1. The lowest BCUT2D eigenvalue weighted by Crippen LogP contribution is -2.26. The molecule has 0 radical (unpaired) electrons. The molecular formula is C25H29N7O. The van der Waals surface area contributed by atoms with Crippen LogP contribution in [0.3, 0.4) is 0 Å². The van der Waals surface area contributed by atoms with Crippen molar-refractivity contribution >= 4 is 0 Å². The van der Waals surface area contributed by atoms with Crippen LogP contribution < -0.4 is 5.69 Å². The molecule has 0 amide bonds. The van der Waals surface area contributed by atoms with Gasteiger partial charge in [-0.15, -0.1) is 5.10 Å². The summed E-state index contributed by atoms with van der Waals surface area (Å²) in [6.45, 7) is 7.09. The number of aromatic nitrogens is 7. The molecule has 1 fully saturated rings. The predicted octanol–water partition coefficient (Wildman–Crippen LogP) is 4.25. The van der Waals surface area contributed by atoms with Gasteiger partial charge in [-0.1, -0.05) is 45.4 Å². The molecule has 1 aliphatic rings. The summed E-state index contributed by atoms with van der Waals surface area (Å²) in [6.07, 6.45) is 8.00. The summed E-state index contributed by atoms with van der Waals surface area (Å²) in [5.74, 6) is 0.627. The highest BCUT2D eigenvalue weighted by Gasteiger charge is 2.48. The van der Waals surface area contributed by atoms with Gasteiger partial charge in [0.2, 0.25) is 0 Å². The van der Waals surface area contributed by atoms with Crippen LogP contribution in [0.25, 0.3) is 22.5 Å². The fourth-order valence-corrected chi connectivity index (χ4v) is 4.45. The zero-order valence-electron chi connectivity index (χ0n) is 19.3. The minimum Gasteiger partial charge on any atom is -0.295 e. The first-order valence-electron chi connectivity index (χ1n) is 11.6. The van der Waals surface area contributed by atoms with Crippen molar-refractivity contribution in [1.29, 1.82) is 0 Å². The molecule has 1 aliphatic carbocycles. The summed E-state index contributed by atoms with van der Waals surface area (Å²) < 4.78 is 3.86. The van der Waals surface area contributed by atoms with Gasteiger partial charge in [0.15, 0.2) is 5.82 Å². The number of unbranched alkanes of at least 4 members (excludes halogenated alkanes) is 1. The van der Waals surface area contributed by atoms with E-state index in [1.54, 1.807) is 0 Å². The van der Waals surface area contributed by atoms with E-state index in [0.717, 1.165) is 53.8 Å². The van der Waals surface area contributed by atoms with Crippen molar-refractivity contribution in [2.45, 2.75) is 59.0 Å². The number of aromatic amines is 1. The maximum atomic E-state index is 13.3. The highest BCUT2D eigenvalue weighted by Crippen LogP contribution is 2.54. The van der Waals surface area contributed by atoms with Gasteiger partial charge in [0.1, 0.15) is 0 Å². The van der Waals surface area contributed by atoms with Crippen molar-refractivity contribution in [3.8, 4) is 22.5 Å². The molecule has 4 aromatic rings. The van der Waals surface area contributed by atoms with Gasteiger partial charge in [0, 0.05) is 29.7 Å². The van der Waals surface area contributed by atoms with Gasteiger partial charge < -0.3 is 0 Å². The van der Waals surface area contributed by atoms with Crippen LogP contribution in [0.5, 0.6) is 0 Å². The van der Waals surface area contributed by atoms with Crippen molar-refractivity contribution in [3.05, 3.63) is 70.7 Å².